The van der Waals surface area contributed by atoms with Gasteiger partial charge in [-0.15, -0.1) is 5.10 Å². The van der Waals surface area contributed by atoms with Crippen molar-refractivity contribution in [2.24, 2.45) is 0 Å². The lowest BCUT2D eigenvalue weighted by atomic mass is 10.4. The number of hydrogen-bond donors (Lipinski definition) is 0. The molecular weight excluding hydrogens is 250 g/mol. The predicted molar refractivity (Wildman–Crippen MR) is 52.7 cm³/mol. The molecule has 2 rings (SSSR count). The second-order valence-electron chi connectivity index (χ2n) is 3.11. The van der Waals surface area contributed by atoms with Crippen LogP contribution in [0, 0.1) is 0 Å². The summed E-state index contributed by atoms with van der Waals surface area (Å²) in [5.41, 5.74) is 0. The van der Waals surface area contributed by atoms with Crippen LogP contribution in [0.1, 0.15) is 12.8 Å². The average Bonchev–Trinajstić information content (AvgIpc) is 2.75. The molecule has 0 bridgehead atoms. The number of rotatable bonds is 1. The lowest BCUT2D eigenvalue weighted by Gasteiger charge is -2.13. The zero-order chi connectivity index (χ0) is 9.97. The smallest absolute Gasteiger partial charge is 0.306 e. The molecule has 0 radical (unpaired) electrons. The molecule has 0 N–H and O–H groups in total. The number of carbonyl (C=O) groups excluding carboxylic acids is 1. The van der Waals surface area contributed by atoms with Crippen molar-refractivity contribution in [1.82, 2.24) is 14.8 Å². The van der Waals surface area contributed by atoms with Crippen LogP contribution in [-0.2, 0) is 0 Å². The maximum absolute atomic E-state index is 11.5. The summed E-state index contributed by atoms with van der Waals surface area (Å²) in [5.74, 6) is 0. The minimum atomic E-state index is -0.335. The molecule has 2 heterocycles. The first-order chi connectivity index (χ1) is 6.75. The quantitative estimate of drug-likeness (QED) is 0.764. The first kappa shape index (κ1) is 9.51. The highest BCUT2D eigenvalue weighted by Crippen LogP contribution is 2.09. The van der Waals surface area contributed by atoms with Crippen molar-refractivity contribution in [1.29, 1.82) is 0 Å². The summed E-state index contributed by atoms with van der Waals surface area (Å²) in [6.45, 7) is 1.56. The van der Waals surface area contributed by atoms with Crippen molar-refractivity contribution < 1.29 is 9.63 Å². The van der Waals surface area contributed by atoms with Crippen molar-refractivity contribution in [2.75, 3.05) is 13.1 Å². The van der Waals surface area contributed by atoms with Gasteiger partial charge < -0.3 is 4.90 Å². The van der Waals surface area contributed by atoms with Gasteiger partial charge in [0.15, 0.2) is 0 Å². The summed E-state index contributed by atoms with van der Waals surface area (Å²) in [4.78, 5) is 19.3. The number of halogens is 1. The van der Waals surface area contributed by atoms with Crippen molar-refractivity contribution in [3.8, 4) is 0 Å². The largest absolute Gasteiger partial charge is 0.435 e. The van der Waals surface area contributed by atoms with E-state index in [0.717, 1.165) is 35.2 Å². The molecule has 0 aromatic carbocycles. The molecular formula is C8H10BrN3O2. The highest BCUT2D eigenvalue weighted by Gasteiger charge is 2.20. The van der Waals surface area contributed by atoms with E-state index in [1.165, 1.54) is 0 Å². The molecule has 0 atom stereocenters. The summed E-state index contributed by atoms with van der Waals surface area (Å²) in [7, 11) is 0. The molecule has 0 unspecified atom stereocenters. The lowest BCUT2D eigenvalue weighted by molar-refractivity contribution is 0.0852. The third-order valence-corrected chi connectivity index (χ3v) is 2.47. The number of nitrogens with zero attached hydrogens (tertiary/aromatic N) is 3. The fraction of sp³-hybridized carbons (Fsp3) is 0.500. The van der Waals surface area contributed by atoms with Gasteiger partial charge in [-0.2, -0.15) is 0 Å². The molecule has 1 saturated heterocycles. The standard InChI is InChI=1S/C8H10BrN3O2/c9-7-5-10-12(6-7)14-8(13)11-3-1-2-4-11/h5-6H,1-4H2. The van der Waals surface area contributed by atoms with Gasteiger partial charge in [0, 0.05) is 13.1 Å². The number of aromatic nitrogens is 2. The van der Waals surface area contributed by atoms with Crippen LogP contribution in [0.4, 0.5) is 4.79 Å². The molecule has 1 aromatic rings. The average molecular weight is 260 g/mol. The van der Waals surface area contributed by atoms with E-state index >= 15 is 0 Å². The Labute approximate surface area is 89.7 Å². The molecule has 0 saturated carbocycles. The first-order valence-corrected chi connectivity index (χ1v) is 5.22. The molecule has 0 spiro atoms. The molecule has 76 valence electrons. The fourth-order valence-corrected chi connectivity index (χ4v) is 1.64. The van der Waals surface area contributed by atoms with E-state index in [1.807, 2.05) is 0 Å². The van der Waals surface area contributed by atoms with E-state index in [-0.39, 0.29) is 6.09 Å². The second-order valence-corrected chi connectivity index (χ2v) is 4.03. The molecule has 14 heavy (non-hydrogen) atoms. The minimum absolute atomic E-state index is 0.335. The van der Waals surface area contributed by atoms with E-state index in [0.29, 0.717) is 0 Å². The van der Waals surface area contributed by atoms with Crippen LogP contribution >= 0.6 is 15.9 Å². The Morgan fingerprint density at radius 3 is 2.79 bits per heavy atom. The van der Waals surface area contributed by atoms with Crippen molar-refractivity contribution in [3.63, 3.8) is 0 Å². The maximum Gasteiger partial charge on any atom is 0.435 e. The highest BCUT2D eigenvalue weighted by atomic mass is 79.9. The summed E-state index contributed by atoms with van der Waals surface area (Å²) >= 11 is 3.22. The van der Waals surface area contributed by atoms with E-state index in [1.54, 1.807) is 17.3 Å². The fourth-order valence-electron chi connectivity index (χ4n) is 1.37. The maximum atomic E-state index is 11.5. The van der Waals surface area contributed by atoms with Crippen molar-refractivity contribution >= 4 is 22.0 Å². The molecule has 1 fully saturated rings. The molecule has 1 aliphatic heterocycles. The third-order valence-electron chi connectivity index (χ3n) is 2.06. The SMILES string of the molecule is O=C(On1cc(Br)cn1)N1CCCC1. The van der Waals surface area contributed by atoms with Gasteiger partial charge in [-0.05, 0) is 28.8 Å². The Balaban J connectivity index is 1.93. The Morgan fingerprint density at radius 2 is 2.21 bits per heavy atom. The van der Waals surface area contributed by atoms with Gasteiger partial charge in [0.05, 0.1) is 16.9 Å². The summed E-state index contributed by atoms with van der Waals surface area (Å²) < 4.78 is 0.784. The monoisotopic (exact) mass is 259 g/mol. The van der Waals surface area contributed by atoms with Crippen LogP contribution in [-0.4, -0.2) is 34.0 Å². The lowest BCUT2D eigenvalue weighted by Crippen LogP contribution is -2.34. The van der Waals surface area contributed by atoms with Crippen molar-refractivity contribution in [3.05, 3.63) is 16.9 Å². The second kappa shape index (κ2) is 4.00. The zero-order valence-corrected chi connectivity index (χ0v) is 9.11. The van der Waals surface area contributed by atoms with Gasteiger partial charge in [-0.3, -0.25) is 4.84 Å². The molecule has 1 aliphatic rings. The van der Waals surface area contributed by atoms with Gasteiger partial charge in [-0.1, -0.05) is 4.85 Å². The van der Waals surface area contributed by atoms with E-state index in [2.05, 4.69) is 21.0 Å². The topological polar surface area (TPSA) is 47.4 Å². The summed E-state index contributed by atoms with van der Waals surface area (Å²) in [5, 5.41) is 3.83. The first-order valence-electron chi connectivity index (χ1n) is 4.43. The van der Waals surface area contributed by atoms with Crippen LogP contribution in [0.5, 0.6) is 0 Å². The van der Waals surface area contributed by atoms with Gasteiger partial charge in [0.1, 0.15) is 0 Å². The molecule has 1 amide bonds. The number of likely N-dealkylation sites (tertiary alicyclic amines) is 1. The van der Waals surface area contributed by atoms with Crippen LogP contribution in [0.2, 0.25) is 0 Å². The Morgan fingerprint density at radius 1 is 1.50 bits per heavy atom. The Kier molecular flexibility index (Phi) is 2.72. The van der Waals surface area contributed by atoms with E-state index < -0.39 is 0 Å². The van der Waals surface area contributed by atoms with E-state index in [4.69, 9.17) is 4.84 Å². The van der Waals surface area contributed by atoms with Gasteiger partial charge in [0.2, 0.25) is 0 Å². The summed E-state index contributed by atoms with van der Waals surface area (Å²) in [6.07, 6.45) is 4.93. The van der Waals surface area contributed by atoms with Crippen LogP contribution in [0.3, 0.4) is 0 Å². The van der Waals surface area contributed by atoms with Gasteiger partial charge >= 0.3 is 6.09 Å². The molecule has 5 nitrogen and oxygen atoms in total. The number of carbonyl (C=O) groups is 1. The third kappa shape index (κ3) is 2.06. The minimum Gasteiger partial charge on any atom is -0.306 e. The molecule has 6 heteroatoms. The van der Waals surface area contributed by atoms with Crippen LogP contribution in [0.15, 0.2) is 16.9 Å². The number of hydrogen-bond acceptors (Lipinski definition) is 3. The van der Waals surface area contributed by atoms with Crippen molar-refractivity contribution in [2.45, 2.75) is 12.8 Å². The summed E-state index contributed by atoms with van der Waals surface area (Å²) in [6, 6.07) is 0. The molecule has 1 aromatic heterocycles. The van der Waals surface area contributed by atoms with Crippen LogP contribution in [0.25, 0.3) is 0 Å². The Bertz CT molecular complexity index is 333. The predicted octanol–water partition coefficient (Wildman–Crippen LogP) is 1.29. The Hall–Kier alpha value is -1.04. The number of amides is 1. The normalized spacial score (nSPS) is 15.9. The van der Waals surface area contributed by atoms with Crippen LogP contribution < -0.4 is 4.84 Å². The zero-order valence-electron chi connectivity index (χ0n) is 7.52. The van der Waals surface area contributed by atoms with Gasteiger partial charge in [0.25, 0.3) is 0 Å². The highest BCUT2D eigenvalue weighted by molar-refractivity contribution is 9.10. The van der Waals surface area contributed by atoms with Gasteiger partial charge in [-0.25, -0.2) is 4.79 Å². The van der Waals surface area contributed by atoms with E-state index in [9.17, 15) is 4.79 Å². The molecule has 0 aliphatic carbocycles.